The fraction of sp³-hybridized carbons (Fsp3) is 0.348. The van der Waals surface area contributed by atoms with Gasteiger partial charge in [0.05, 0.1) is 22.5 Å². The highest BCUT2D eigenvalue weighted by molar-refractivity contribution is 6.31. The highest BCUT2D eigenvalue weighted by atomic mass is 35.5. The number of nitrogens with zero attached hydrogens (tertiary/aromatic N) is 4. The summed E-state index contributed by atoms with van der Waals surface area (Å²) in [5, 5.41) is 0.920. The first-order valence-corrected chi connectivity index (χ1v) is 10.8. The van der Waals surface area contributed by atoms with Crippen LogP contribution in [0.1, 0.15) is 34.7 Å². The van der Waals surface area contributed by atoms with Crippen molar-refractivity contribution in [3.05, 3.63) is 74.8 Å². The number of alkyl halides is 3. The minimum atomic E-state index is -4.44. The molecule has 1 fully saturated rings. The molecule has 0 radical (unpaired) electrons. The molecule has 1 aromatic heterocycles. The first-order chi connectivity index (χ1) is 15.6. The maximum atomic E-state index is 12.8. The summed E-state index contributed by atoms with van der Waals surface area (Å²) in [6, 6.07) is 9.10. The van der Waals surface area contributed by atoms with Crippen molar-refractivity contribution in [1.82, 2.24) is 19.4 Å². The maximum absolute atomic E-state index is 12.8. The molecule has 174 valence electrons. The molecule has 1 amide bonds. The van der Waals surface area contributed by atoms with Gasteiger partial charge in [0, 0.05) is 43.8 Å². The van der Waals surface area contributed by atoms with Crippen LogP contribution < -0.4 is 5.56 Å². The smallest absolute Gasteiger partial charge is 0.336 e. The van der Waals surface area contributed by atoms with E-state index in [1.165, 1.54) is 16.7 Å². The molecular formula is C23H22ClF3N4O2. The summed E-state index contributed by atoms with van der Waals surface area (Å²) in [7, 11) is 1.67. The Kier molecular flexibility index (Phi) is 6.20. The molecule has 0 saturated carbocycles. The standard InChI is InChI=1S/C23H22ClF3N4O2/c1-14(20-28-19-8-7-17(24)13-18(19)22(33)29(20)2)30-9-11-31(12-10-30)21(32)15-3-5-16(6-4-15)23(25,26)27/h3-8,13-14H,9-12H2,1-2H3. The normalized spacial score (nSPS) is 16.2. The molecule has 10 heteroatoms. The van der Waals surface area contributed by atoms with E-state index in [0.29, 0.717) is 47.9 Å². The lowest BCUT2D eigenvalue weighted by atomic mass is 10.1. The van der Waals surface area contributed by atoms with E-state index < -0.39 is 11.7 Å². The van der Waals surface area contributed by atoms with Crippen molar-refractivity contribution in [2.75, 3.05) is 26.2 Å². The Morgan fingerprint density at radius 2 is 1.70 bits per heavy atom. The van der Waals surface area contributed by atoms with E-state index in [1.807, 2.05) is 6.92 Å². The van der Waals surface area contributed by atoms with Gasteiger partial charge in [0.2, 0.25) is 0 Å². The highest BCUT2D eigenvalue weighted by Crippen LogP contribution is 2.29. The van der Waals surface area contributed by atoms with Gasteiger partial charge in [-0.05, 0) is 49.4 Å². The van der Waals surface area contributed by atoms with Crippen LogP contribution in [0.5, 0.6) is 0 Å². The summed E-state index contributed by atoms with van der Waals surface area (Å²) in [5.74, 6) is 0.307. The first-order valence-electron chi connectivity index (χ1n) is 10.4. The Morgan fingerprint density at radius 1 is 1.06 bits per heavy atom. The van der Waals surface area contributed by atoms with Gasteiger partial charge in [0.15, 0.2) is 0 Å². The van der Waals surface area contributed by atoms with Gasteiger partial charge < -0.3 is 4.90 Å². The minimum Gasteiger partial charge on any atom is -0.336 e. The molecule has 1 unspecified atom stereocenters. The monoisotopic (exact) mass is 478 g/mol. The van der Waals surface area contributed by atoms with Crippen LogP contribution in [0.2, 0.25) is 5.02 Å². The number of benzene rings is 2. The fourth-order valence-corrected chi connectivity index (χ4v) is 4.27. The third-order valence-corrected chi connectivity index (χ3v) is 6.29. The molecule has 4 rings (SSSR count). The van der Waals surface area contributed by atoms with Crippen LogP contribution in [0, 0.1) is 0 Å². The van der Waals surface area contributed by atoms with E-state index in [1.54, 1.807) is 30.1 Å². The number of fused-ring (bicyclic) bond motifs is 1. The predicted octanol–water partition coefficient (Wildman–Crippen LogP) is 4.12. The second-order valence-corrected chi connectivity index (χ2v) is 8.51. The van der Waals surface area contributed by atoms with E-state index in [4.69, 9.17) is 11.6 Å². The van der Waals surface area contributed by atoms with Crippen molar-refractivity contribution in [1.29, 1.82) is 0 Å². The van der Waals surface area contributed by atoms with Crippen molar-refractivity contribution >= 4 is 28.4 Å². The number of carbonyl (C=O) groups is 1. The number of piperazine rings is 1. The first kappa shape index (κ1) is 23.3. The number of hydrogen-bond donors (Lipinski definition) is 0. The topological polar surface area (TPSA) is 58.4 Å². The van der Waals surface area contributed by atoms with Crippen molar-refractivity contribution < 1.29 is 18.0 Å². The molecule has 1 aliphatic heterocycles. The summed E-state index contributed by atoms with van der Waals surface area (Å²) in [4.78, 5) is 34.0. The van der Waals surface area contributed by atoms with E-state index >= 15 is 0 Å². The van der Waals surface area contributed by atoms with E-state index in [-0.39, 0.29) is 23.1 Å². The summed E-state index contributed by atoms with van der Waals surface area (Å²) in [6.45, 7) is 3.88. The van der Waals surface area contributed by atoms with Gasteiger partial charge in [0.25, 0.3) is 11.5 Å². The molecule has 6 nitrogen and oxygen atoms in total. The average Bonchev–Trinajstić information content (AvgIpc) is 2.80. The molecule has 2 heterocycles. The minimum absolute atomic E-state index is 0.175. The predicted molar refractivity (Wildman–Crippen MR) is 119 cm³/mol. The number of carbonyl (C=O) groups excluding carboxylic acids is 1. The number of hydrogen-bond acceptors (Lipinski definition) is 4. The molecule has 0 bridgehead atoms. The summed E-state index contributed by atoms with van der Waals surface area (Å²) in [5.41, 5.74) is -0.170. The zero-order valence-electron chi connectivity index (χ0n) is 18.1. The Balaban J connectivity index is 1.47. The van der Waals surface area contributed by atoms with Gasteiger partial charge in [-0.25, -0.2) is 4.98 Å². The van der Waals surface area contributed by atoms with Crippen LogP contribution >= 0.6 is 11.6 Å². The zero-order chi connectivity index (χ0) is 23.9. The number of amides is 1. The van der Waals surface area contributed by atoms with E-state index in [2.05, 4.69) is 9.88 Å². The number of aromatic nitrogens is 2. The quantitative estimate of drug-likeness (QED) is 0.568. The van der Waals surface area contributed by atoms with Crippen molar-refractivity contribution in [2.45, 2.75) is 19.1 Å². The molecular weight excluding hydrogens is 457 g/mol. The Bertz CT molecular complexity index is 1250. The van der Waals surface area contributed by atoms with Gasteiger partial charge in [-0.2, -0.15) is 13.2 Å². The molecule has 0 aliphatic carbocycles. The van der Waals surface area contributed by atoms with E-state index in [0.717, 1.165) is 12.1 Å². The number of halogens is 4. The van der Waals surface area contributed by atoms with Crippen LogP contribution in [-0.4, -0.2) is 51.4 Å². The second-order valence-electron chi connectivity index (χ2n) is 8.07. The van der Waals surface area contributed by atoms with Gasteiger partial charge >= 0.3 is 6.18 Å². The van der Waals surface area contributed by atoms with Crippen LogP contribution in [0.25, 0.3) is 10.9 Å². The lowest BCUT2D eigenvalue weighted by Gasteiger charge is -2.38. The van der Waals surface area contributed by atoms with Gasteiger partial charge in [-0.1, -0.05) is 11.6 Å². The summed E-state index contributed by atoms with van der Waals surface area (Å²) < 4.78 is 39.8. The Labute approximate surface area is 193 Å². The molecule has 2 aromatic carbocycles. The van der Waals surface area contributed by atoms with Crippen molar-refractivity contribution in [2.24, 2.45) is 7.05 Å². The molecule has 1 saturated heterocycles. The molecule has 0 N–H and O–H groups in total. The van der Waals surface area contributed by atoms with Crippen LogP contribution in [0.4, 0.5) is 13.2 Å². The molecule has 3 aromatic rings. The summed E-state index contributed by atoms with van der Waals surface area (Å²) >= 11 is 6.01. The van der Waals surface area contributed by atoms with Crippen molar-refractivity contribution in [3.63, 3.8) is 0 Å². The lowest BCUT2D eigenvalue weighted by Crippen LogP contribution is -2.49. The molecule has 0 spiro atoms. The lowest BCUT2D eigenvalue weighted by molar-refractivity contribution is -0.137. The van der Waals surface area contributed by atoms with Gasteiger partial charge in [-0.15, -0.1) is 0 Å². The highest BCUT2D eigenvalue weighted by Gasteiger charge is 2.31. The van der Waals surface area contributed by atoms with Crippen LogP contribution in [-0.2, 0) is 13.2 Å². The largest absolute Gasteiger partial charge is 0.416 e. The van der Waals surface area contributed by atoms with Gasteiger partial charge in [0.1, 0.15) is 5.82 Å². The molecule has 1 atom stereocenters. The van der Waals surface area contributed by atoms with Crippen LogP contribution in [0.3, 0.4) is 0 Å². The molecule has 33 heavy (non-hydrogen) atoms. The SMILES string of the molecule is CC(c1nc2ccc(Cl)cc2c(=O)n1C)N1CCN(C(=O)c2ccc(C(F)(F)F)cc2)CC1. The molecule has 1 aliphatic rings. The average molecular weight is 479 g/mol. The second kappa shape index (κ2) is 8.79. The summed E-state index contributed by atoms with van der Waals surface area (Å²) in [6.07, 6.45) is -4.44. The fourth-order valence-electron chi connectivity index (χ4n) is 4.09. The Hall–Kier alpha value is -2.91. The van der Waals surface area contributed by atoms with Crippen molar-refractivity contribution in [3.8, 4) is 0 Å². The third kappa shape index (κ3) is 4.60. The van der Waals surface area contributed by atoms with Gasteiger partial charge in [-0.3, -0.25) is 19.1 Å². The maximum Gasteiger partial charge on any atom is 0.416 e. The third-order valence-electron chi connectivity index (χ3n) is 6.05. The zero-order valence-corrected chi connectivity index (χ0v) is 18.8. The Morgan fingerprint density at radius 3 is 2.30 bits per heavy atom. The van der Waals surface area contributed by atoms with Crippen LogP contribution in [0.15, 0.2) is 47.3 Å². The number of rotatable bonds is 3. The van der Waals surface area contributed by atoms with E-state index in [9.17, 15) is 22.8 Å².